The number of morpholine rings is 1. The molecule has 1 saturated heterocycles. The fourth-order valence-electron chi connectivity index (χ4n) is 2.70. The van der Waals surface area contributed by atoms with Crippen molar-refractivity contribution in [2.24, 2.45) is 0 Å². The maximum absolute atomic E-state index is 12.9. The van der Waals surface area contributed by atoms with Gasteiger partial charge in [-0.25, -0.2) is 8.42 Å². The predicted octanol–water partition coefficient (Wildman–Crippen LogP) is 2.09. The van der Waals surface area contributed by atoms with E-state index in [9.17, 15) is 13.2 Å². The first-order valence-electron chi connectivity index (χ1n) is 9.48. The van der Waals surface area contributed by atoms with Crippen LogP contribution in [-0.4, -0.2) is 74.1 Å². The number of benzene rings is 1. The van der Waals surface area contributed by atoms with E-state index in [1.165, 1.54) is 52.7 Å². The van der Waals surface area contributed by atoms with Crippen molar-refractivity contribution in [2.45, 2.75) is 29.2 Å². The van der Waals surface area contributed by atoms with Crippen LogP contribution in [0.3, 0.4) is 0 Å². The number of methoxy groups -OCH3 is 1. The SMILES string of the molecule is COc1ccc(S(=O)(=O)N2CCOCC2)cc1NC(=O)CSc1nnc(OC(C)C)s1. The van der Waals surface area contributed by atoms with E-state index in [4.69, 9.17) is 14.2 Å². The zero-order valence-electron chi connectivity index (χ0n) is 17.4. The summed E-state index contributed by atoms with van der Waals surface area (Å²) < 4.78 is 43.7. The van der Waals surface area contributed by atoms with Crippen LogP contribution in [0.5, 0.6) is 10.9 Å². The number of nitrogens with zero attached hydrogens (tertiary/aromatic N) is 3. The summed E-state index contributed by atoms with van der Waals surface area (Å²) in [6.07, 6.45) is -0.0115. The van der Waals surface area contributed by atoms with Crippen LogP contribution in [0.2, 0.25) is 0 Å². The highest BCUT2D eigenvalue weighted by atomic mass is 32.2. The molecule has 0 spiro atoms. The number of carbonyl (C=O) groups is 1. The highest BCUT2D eigenvalue weighted by molar-refractivity contribution is 8.01. The second-order valence-corrected chi connectivity index (χ2v) is 10.8. The van der Waals surface area contributed by atoms with Crippen LogP contribution >= 0.6 is 23.1 Å². The van der Waals surface area contributed by atoms with Crippen LogP contribution in [0.15, 0.2) is 27.4 Å². The van der Waals surface area contributed by atoms with Crippen LogP contribution in [0.25, 0.3) is 0 Å². The van der Waals surface area contributed by atoms with Gasteiger partial charge in [-0.3, -0.25) is 4.79 Å². The van der Waals surface area contributed by atoms with Crippen molar-refractivity contribution in [1.82, 2.24) is 14.5 Å². The van der Waals surface area contributed by atoms with E-state index in [1.54, 1.807) is 0 Å². The Bertz CT molecular complexity index is 1010. The van der Waals surface area contributed by atoms with Crippen molar-refractivity contribution < 1.29 is 27.4 Å². The summed E-state index contributed by atoms with van der Waals surface area (Å²) in [7, 11) is -2.25. The molecule has 2 heterocycles. The van der Waals surface area contributed by atoms with Crippen molar-refractivity contribution in [1.29, 1.82) is 0 Å². The molecule has 1 aliphatic rings. The van der Waals surface area contributed by atoms with Gasteiger partial charge in [0.1, 0.15) is 5.75 Å². The zero-order valence-corrected chi connectivity index (χ0v) is 19.8. The highest BCUT2D eigenvalue weighted by Gasteiger charge is 2.27. The Kier molecular flexibility index (Phi) is 8.11. The standard InChI is InChI=1S/C18H24N4O6S3/c1-12(2)28-17-20-21-18(30-17)29-11-16(23)19-14-10-13(4-5-15(14)26-3)31(24,25)22-6-8-27-9-7-22/h4-5,10,12H,6-9,11H2,1-3H3,(H,19,23). The maximum atomic E-state index is 12.9. The number of ether oxygens (including phenoxy) is 3. The van der Waals surface area contributed by atoms with E-state index < -0.39 is 10.0 Å². The monoisotopic (exact) mass is 488 g/mol. The number of sulfonamides is 1. The molecule has 1 N–H and O–H groups in total. The number of aromatic nitrogens is 2. The van der Waals surface area contributed by atoms with Gasteiger partial charge in [0.25, 0.3) is 5.19 Å². The van der Waals surface area contributed by atoms with Gasteiger partial charge >= 0.3 is 0 Å². The first kappa shape index (κ1) is 23.7. The van der Waals surface area contributed by atoms with Gasteiger partial charge in [-0.1, -0.05) is 16.9 Å². The van der Waals surface area contributed by atoms with E-state index in [1.807, 2.05) is 13.8 Å². The van der Waals surface area contributed by atoms with E-state index in [0.717, 1.165) is 0 Å². The van der Waals surface area contributed by atoms with E-state index in [2.05, 4.69) is 15.5 Å². The maximum Gasteiger partial charge on any atom is 0.295 e. The molecule has 1 aromatic carbocycles. The molecule has 0 unspecified atom stereocenters. The minimum absolute atomic E-state index is 0.0115. The molecular formula is C18H24N4O6S3. The second-order valence-electron chi connectivity index (χ2n) is 6.72. The molecule has 0 saturated carbocycles. The van der Waals surface area contributed by atoms with Crippen LogP contribution in [0, 0.1) is 0 Å². The van der Waals surface area contributed by atoms with Gasteiger partial charge in [-0.05, 0) is 43.4 Å². The molecule has 1 amide bonds. The molecule has 0 aliphatic carbocycles. The quantitative estimate of drug-likeness (QED) is 0.529. The van der Waals surface area contributed by atoms with Gasteiger partial charge < -0.3 is 19.5 Å². The molecule has 31 heavy (non-hydrogen) atoms. The second kappa shape index (κ2) is 10.6. The number of hydrogen-bond acceptors (Lipinski definition) is 10. The van der Waals surface area contributed by atoms with Crippen LogP contribution in [0.4, 0.5) is 5.69 Å². The third kappa shape index (κ3) is 6.29. The molecule has 2 aromatic rings. The summed E-state index contributed by atoms with van der Waals surface area (Å²) >= 11 is 2.47. The average molecular weight is 489 g/mol. The van der Waals surface area contributed by atoms with Crippen molar-refractivity contribution in [3.05, 3.63) is 18.2 Å². The van der Waals surface area contributed by atoms with Crippen molar-refractivity contribution in [3.8, 4) is 10.9 Å². The number of thioether (sulfide) groups is 1. The Morgan fingerprint density at radius 1 is 1.32 bits per heavy atom. The summed E-state index contributed by atoms with van der Waals surface area (Å²) in [5.41, 5.74) is 0.281. The Balaban J connectivity index is 1.67. The summed E-state index contributed by atoms with van der Waals surface area (Å²) in [4.78, 5) is 12.5. The van der Waals surface area contributed by atoms with Crippen molar-refractivity contribution >= 4 is 44.7 Å². The van der Waals surface area contributed by atoms with Crippen molar-refractivity contribution in [3.63, 3.8) is 0 Å². The number of amides is 1. The summed E-state index contributed by atoms with van der Waals surface area (Å²) in [6, 6.07) is 4.40. The van der Waals surface area contributed by atoms with Gasteiger partial charge in [0.2, 0.25) is 15.9 Å². The molecule has 0 radical (unpaired) electrons. The predicted molar refractivity (Wildman–Crippen MR) is 118 cm³/mol. The number of nitrogens with one attached hydrogen (secondary N) is 1. The first-order chi connectivity index (χ1) is 14.8. The van der Waals surface area contributed by atoms with Crippen LogP contribution < -0.4 is 14.8 Å². The molecule has 170 valence electrons. The number of rotatable bonds is 9. The number of carbonyl (C=O) groups excluding carboxylic acids is 1. The third-order valence-electron chi connectivity index (χ3n) is 4.10. The Hall–Kier alpha value is -1.93. The Labute approximate surface area is 189 Å². The molecule has 3 rings (SSSR count). The smallest absolute Gasteiger partial charge is 0.295 e. The van der Waals surface area contributed by atoms with Gasteiger partial charge in [0.05, 0.1) is 42.8 Å². The van der Waals surface area contributed by atoms with Crippen molar-refractivity contribution in [2.75, 3.05) is 44.5 Å². The summed E-state index contributed by atoms with van der Waals surface area (Å²) in [5, 5.41) is 11.1. The van der Waals surface area contributed by atoms with E-state index in [-0.39, 0.29) is 41.4 Å². The molecule has 1 aromatic heterocycles. The zero-order chi connectivity index (χ0) is 22.4. The summed E-state index contributed by atoms with van der Waals surface area (Å²) in [5.74, 6) is 0.105. The van der Waals surface area contributed by atoms with Gasteiger partial charge in [0, 0.05) is 13.1 Å². The largest absolute Gasteiger partial charge is 0.495 e. The fourth-order valence-corrected chi connectivity index (χ4v) is 5.74. The van der Waals surface area contributed by atoms with Gasteiger partial charge in [-0.15, -0.1) is 5.10 Å². The Morgan fingerprint density at radius 2 is 2.06 bits per heavy atom. The molecule has 10 nitrogen and oxygen atoms in total. The molecule has 1 fully saturated rings. The third-order valence-corrected chi connectivity index (χ3v) is 7.95. The highest BCUT2D eigenvalue weighted by Crippen LogP contribution is 2.31. The van der Waals surface area contributed by atoms with E-state index >= 15 is 0 Å². The van der Waals surface area contributed by atoms with Crippen LogP contribution in [0.1, 0.15) is 13.8 Å². The number of anilines is 1. The van der Waals surface area contributed by atoms with E-state index in [0.29, 0.717) is 28.5 Å². The minimum Gasteiger partial charge on any atom is -0.495 e. The average Bonchev–Trinajstić information content (AvgIpc) is 3.19. The van der Waals surface area contributed by atoms with Crippen LogP contribution in [-0.2, 0) is 19.6 Å². The normalized spacial score (nSPS) is 15.1. The number of hydrogen-bond donors (Lipinski definition) is 1. The molecule has 0 bridgehead atoms. The molecule has 0 atom stereocenters. The lowest BCUT2D eigenvalue weighted by Crippen LogP contribution is -2.40. The minimum atomic E-state index is -3.70. The topological polar surface area (TPSA) is 120 Å². The Morgan fingerprint density at radius 3 is 2.74 bits per heavy atom. The lowest BCUT2D eigenvalue weighted by atomic mass is 10.3. The molecule has 1 aliphatic heterocycles. The van der Waals surface area contributed by atoms with Gasteiger partial charge in [-0.2, -0.15) is 4.31 Å². The lowest BCUT2D eigenvalue weighted by Gasteiger charge is -2.26. The first-order valence-corrected chi connectivity index (χ1v) is 12.7. The summed E-state index contributed by atoms with van der Waals surface area (Å²) in [6.45, 7) is 5.07. The molecular weight excluding hydrogens is 464 g/mol. The molecule has 13 heteroatoms. The lowest BCUT2D eigenvalue weighted by molar-refractivity contribution is -0.113. The van der Waals surface area contributed by atoms with Gasteiger partial charge in [0.15, 0.2) is 4.34 Å². The fraction of sp³-hybridized carbons (Fsp3) is 0.500.